The molecule has 1 aromatic heterocycles. The van der Waals surface area contributed by atoms with Crippen LogP contribution in [0.5, 0.6) is 11.5 Å². The summed E-state index contributed by atoms with van der Waals surface area (Å²) in [6.07, 6.45) is 0.733. The number of benzene rings is 3. The molecule has 1 atom stereocenters. The molecule has 1 amide bonds. The molecular weight excluding hydrogens is 422 g/mol. The summed E-state index contributed by atoms with van der Waals surface area (Å²) in [6, 6.07) is 17.3. The highest BCUT2D eigenvalue weighted by Gasteiger charge is 2.23. The van der Waals surface area contributed by atoms with Crippen molar-refractivity contribution < 1.29 is 24.2 Å². The first-order valence-electron chi connectivity index (χ1n) is 10.3. The fourth-order valence-corrected chi connectivity index (χ4v) is 3.77. The molecule has 0 radical (unpaired) electrons. The quantitative estimate of drug-likeness (QED) is 0.280. The van der Waals surface area contributed by atoms with E-state index < -0.39 is 6.04 Å². The first-order chi connectivity index (χ1) is 16.0. The van der Waals surface area contributed by atoms with Crippen molar-refractivity contribution in [3.63, 3.8) is 0 Å². The van der Waals surface area contributed by atoms with E-state index >= 15 is 0 Å². The van der Waals surface area contributed by atoms with Gasteiger partial charge in [0.25, 0.3) is 0 Å². The summed E-state index contributed by atoms with van der Waals surface area (Å²) in [4.78, 5) is 31.7. The molecule has 0 aliphatic carbocycles. The molecule has 0 aliphatic heterocycles. The van der Waals surface area contributed by atoms with Crippen molar-refractivity contribution in [1.29, 1.82) is 0 Å². The summed E-state index contributed by atoms with van der Waals surface area (Å²) in [5.41, 5.74) is 3.29. The molecule has 0 spiro atoms. The van der Waals surface area contributed by atoms with Gasteiger partial charge < -0.3 is 24.9 Å². The fourth-order valence-electron chi connectivity index (χ4n) is 3.77. The zero-order valence-corrected chi connectivity index (χ0v) is 18.2. The Balaban J connectivity index is 1.94. The van der Waals surface area contributed by atoms with E-state index in [0.29, 0.717) is 39.3 Å². The number of amides is 1. The maximum absolute atomic E-state index is 12.0. The standard InChI is InChI=1S/C25H23N3O5/c1-15(30)26-22(16-7-4-3-5-8-16)18-12-11-17(13-29)23-24(18)28-25(27-23)21-19(31)9-6-10-20(21)33-14-32-2/h3-13,22,31H,14H2,1-2H3,(H,26,30)(H,27,28)/t22-/m0/s1. The van der Waals surface area contributed by atoms with Crippen LogP contribution in [0.2, 0.25) is 0 Å². The predicted molar refractivity (Wildman–Crippen MR) is 123 cm³/mol. The number of fused-ring (bicyclic) bond motifs is 1. The summed E-state index contributed by atoms with van der Waals surface area (Å²) in [7, 11) is 1.50. The zero-order valence-electron chi connectivity index (χ0n) is 18.2. The molecule has 3 N–H and O–H groups in total. The summed E-state index contributed by atoms with van der Waals surface area (Å²) in [5.74, 6) is 0.437. The number of hydrogen-bond acceptors (Lipinski definition) is 6. The number of aromatic nitrogens is 2. The Morgan fingerprint density at radius 1 is 1.15 bits per heavy atom. The third kappa shape index (κ3) is 4.42. The highest BCUT2D eigenvalue weighted by atomic mass is 16.7. The van der Waals surface area contributed by atoms with Crippen molar-refractivity contribution in [2.75, 3.05) is 13.9 Å². The van der Waals surface area contributed by atoms with Crippen molar-refractivity contribution in [2.24, 2.45) is 0 Å². The molecule has 8 heteroatoms. The van der Waals surface area contributed by atoms with E-state index in [9.17, 15) is 14.7 Å². The average Bonchev–Trinajstić information content (AvgIpc) is 3.26. The maximum atomic E-state index is 12.0. The number of aromatic hydroxyl groups is 1. The van der Waals surface area contributed by atoms with Gasteiger partial charge in [0, 0.05) is 25.2 Å². The van der Waals surface area contributed by atoms with E-state index in [2.05, 4.69) is 10.3 Å². The van der Waals surface area contributed by atoms with Crippen LogP contribution in [-0.4, -0.2) is 41.2 Å². The number of phenolic OH excluding ortho intramolecular Hbond substituents is 1. The molecule has 1 heterocycles. The third-order valence-corrected chi connectivity index (χ3v) is 5.20. The molecule has 0 fully saturated rings. The monoisotopic (exact) mass is 445 g/mol. The molecule has 0 aliphatic rings. The van der Waals surface area contributed by atoms with E-state index in [0.717, 1.165) is 11.8 Å². The number of aldehydes is 1. The lowest BCUT2D eigenvalue weighted by Gasteiger charge is -2.19. The number of phenols is 1. The molecule has 8 nitrogen and oxygen atoms in total. The normalized spacial score (nSPS) is 11.8. The van der Waals surface area contributed by atoms with Gasteiger partial charge in [0.15, 0.2) is 13.1 Å². The number of carbonyl (C=O) groups excluding carboxylic acids is 2. The van der Waals surface area contributed by atoms with Gasteiger partial charge in [0.1, 0.15) is 22.9 Å². The van der Waals surface area contributed by atoms with Gasteiger partial charge in [0.05, 0.1) is 17.1 Å². The highest BCUT2D eigenvalue weighted by molar-refractivity contribution is 5.98. The second-order valence-corrected chi connectivity index (χ2v) is 7.42. The Morgan fingerprint density at radius 2 is 1.94 bits per heavy atom. The van der Waals surface area contributed by atoms with Crippen LogP contribution in [0.4, 0.5) is 0 Å². The number of nitrogens with one attached hydrogen (secondary N) is 2. The average molecular weight is 445 g/mol. The Hall–Kier alpha value is -4.17. The Morgan fingerprint density at radius 3 is 2.64 bits per heavy atom. The van der Waals surface area contributed by atoms with Gasteiger partial charge in [-0.3, -0.25) is 9.59 Å². The van der Waals surface area contributed by atoms with Gasteiger partial charge in [-0.1, -0.05) is 42.5 Å². The second-order valence-electron chi connectivity index (χ2n) is 7.42. The summed E-state index contributed by atoms with van der Waals surface area (Å²) >= 11 is 0. The predicted octanol–water partition coefficient (Wildman–Crippen LogP) is 3.96. The smallest absolute Gasteiger partial charge is 0.217 e. The molecule has 0 unspecified atom stereocenters. The molecule has 168 valence electrons. The van der Waals surface area contributed by atoms with Crippen LogP contribution >= 0.6 is 0 Å². The third-order valence-electron chi connectivity index (χ3n) is 5.20. The number of methoxy groups -OCH3 is 1. The first-order valence-corrected chi connectivity index (χ1v) is 10.3. The van der Waals surface area contributed by atoms with Crippen molar-refractivity contribution >= 4 is 23.2 Å². The Labute approximate surface area is 190 Å². The van der Waals surface area contributed by atoms with Crippen LogP contribution in [0.25, 0.3) is 22.4 Å². The Bertz CT molecular complexity index is 1300. The molecule has 0 bridgehead atoms. The number of H-pyrrole nitrogens is 1. The van der Waals surface area contributed by atoms with E-state index in [-0.39, 0.29) is 18.4 Å². The topological polar surface area (TPSA) is 114 Å². The minimum Gasteiger partial charge on any atom is -0.507 e. The largest absolute Gasteiger partial charge is 0.507 e. The van der Waals surface area contributed by atoms with E-state index in [1.807, 2.05) is 30.3 Å². The first kappa shape index (κ1) is 22.0. The van der Waals surface area contributed by atoms with Gasteiger partial charge in [-0.25, -0.2) is 4.98 Å². The van der Waals surface area contributed by atoms with E-state index in [4.69, 9.17) is 14.5 Å². The van der Waals surface area contributed by atoms with Gasteiger partial charge in [-0.05, 0) is 23.8 Å². The fraction of sp³-hybridized carbons (Fsp3) is 0.160. The van der Waals surface area contributed by atoms with Crippen LogP contribution in [0.1, 0.15) is 34.5 Å². The van der Waals surface area contributed by atoms with Crippen LogP contribution < -0.4 is 10.1 Å². The summed E-state index contributed by atoms with van der Waals surface area (Å²) in [5, 5.41) is 13.5. The van der Waals surface area contributed by atoms with E-state index in [1.165, 1.54) is 20.1 Å². The van der Waals surface area contributed by atoms with Crippen LogP contribution in [0.3, 0.4) is 0 Å². The minimum absolute atomic E-state index is 0.0138. The molecule has 0 saturated carbocycles. The lowest BCUT2D eigenvalue weighted by Crippen LogP contribution is -2.27. The molecule has 4 rings (SSSR count). The maximum Gasteiger partial charge on any atom is 0.217 e. The van der Waals surface area contributed by atoms with Crippen molar-refractivity contribution in [3.05, 3.63) is 77.4 Å². The van der Waals surface area contributed by atoms with E-state index in [1.54, 1.807) is 24.3 Å². The molecule has 0 saturated heterocycles. The lowest BCUT2D eigenvalue weighted by molar-refractivity contribution is -0.119. The second kappa shape index (κ2) is 9.54. The van der Waals surface area contributed by atoms with Gasteiger partial charge in [-0.15, -0.1) is 0 Å². The highest BCUT2D eigenvalue weighted by Crippen LogP contribution is 2.39. The van der Waals surface area contributed by atoms with Crippen LogP contribution in [0.15, 0.2) is 60.7 Å². The van der Waals surface area contributed by atoms with Crippen LogP contribution in [0, 0.1) is 0 Å². The number of imidazole rings is 1. The van der Waals surface area contributed by atoms with Crippen molar-refractivity contribution in [2.45, 2.75) is 13.0 Å². The molecule has 3 aromatic carbocycles. The van der Waals surface area contributed by atoms with Gasteiger partial charge >= 0.3 is 0 Å². The summed E-state index contributed by atoms with van der Waals surface area (Å²) in [6.45, 7) is 1.43. The van der Waals surface area contributed by atoms with Crippen LogP contribution in [-0.2, 0) is 9.53 Å². The van der Waals surface area contributed by atoms with Crippen molar-refractivity contribution in [1.82, 2.24) is 15.3 Å². The zero-order chi connectivity index (χ0) is 23.4. The number of hydrogen-bond donors (Lipinski definition) is 3. The van der Waals surface area contributed by atoms with Gasteiger partial charge in [0.2, 0.25) is 5.91 Å². The Kier molecular flexibility index (Phi) is 6.37. The number of ether oxygens (including phenoxy) is 2. The summed E-state index contributed by atoms with van der Waals surface area (Å²) < 4.78 is 10.6. The van der Waals surface area contributed by atoms with Gasteiger partial charge in [-0.2, -0.15) is 0 Å². The number of aromatic amines is 1. The SMILES string of the molecule is COCOc1cccc(O)c1-c1nc2c([C@@H](NC(C)=O)c3ccccc3)ccc(C=O)c2[nH]1. The lowest BCUT2D eigenvalue weighted by atomic mass is 9.96. The molecular formula is C25H23N3O5. The minimum atomic E-state index is -0.489. The molecule has 4 aromatic rings. The molecule has 33 heavy (non-hydrogen) atoms. The number of nitrogens with zero attached hydrogens (tertiary/aromatic N) is 1. The number of rotatable bonds is 8. The van der Waals surface area contributed by atoms with Crippen molar-refractivity contribution in [3.8, 4) is 22.9 Å². The number of carbonyl (C=O) groups is 2.